The maximum Gasteiger partial charge on any atom is 0.358 e. The van der Waals surface area contributed by atoms with Crippen molar-refractivity contribution in [2.45, 2.75) is 24.6 Å². The molecule has 16 heavy (non-hydrogen) atoms. The van der Waals surface area contributed by atoms with Gasteiger partial charge >= 0.3 is 5.97 Å². The molecule has 6 heteroatoms. The van der Waals surface area contributed by atoms with Crippen molar-refractivity contribution in [1.82, 2.24) is 10.5 Å². The number of hydrogen-bond donors (Lipinski definition) is 2. The minimum Gasteiger partial charge on any atom is -0.476 e. The van der Waals surface area contributed by atoms with Crippen LogP contribution in [0.15, 0.2) is 10.6 Å². The lowest BCUT2D eigenvalue weighted by Crippen LogP contribution is -2.22. The molecule has 5 nitrogen and oxygen atoms in total. The summed E-state index contributed by atoms with van der Waals surface area (Å²) in [6.07, 6.45) is 2.55. The van der Waals surface area contributed by atoms with Gasteiger partial charge in [0.1, 0.15) is 0 Å². The van der Waals surface area contributed by atoms with Gasteiger partial charge in [0, 0.05) is 17.9 Å². The maximum atomic E-state index is 10.6. The molecule has 1 saturated heterocycles. The van der Waals surface area contributed by atoms with Crippen LogP contribution in [0.25, 0.3) is 0 Å². The molecule has 2 rings (SSSR count). The molecule has 2 heterocycles. The van der Waals surface area contributed by atoms with Crippen LogP contribution in [0.5, 0.6) is 0 Å². The van der Waals surface area contributed by atoms with Crippen LogP contribution in [0, 0.1) is 0 Å². The molecule has 1 aromatic rings. The summed E-state index contributed by atoms with van der Waals surface area (Å²) in [6.45, 7) is 1.48. The first kappa shape index (κ1) is 11.5. The van der Waals surface area contributed by atoms with Gasteiger partial charge in [-0.2, -0.15) is 11.8 Å². The van der Waals surface area contributed by atoms with Crippen molar-refractivity contribution < 1.29 is 14.4 Å². The first-order valence-corrected chi connectivity index (χ1v) is 6.32. The average molecular weight is 242 g/mol. The molecule has 0 radical (unpaired) electrons. The van der Waals surface area contributed by atoms with Gasteiger partial charge in [0.25, 0.3) is 0 Å². The highest BCUT2D eigenvalue weighted by Crippen LogP contribution is 2.25. The van der Waals surface area contributed by atoms with E-state index in [0.29, 0.717) is 17.6 Å². The van der Waals surface area contributed by atoms with Gasteiger partial charge in [0.2, 0.25) is 0 Å². The molecule has 1 aliphatic heterocycles. The van der Waals surface area contributed by atoms with Gasteiger partial charge in [-0.1, -0.05) is 5.16 Å². The van der Waals surface area contributed by atoms with Crippen molar-refractivity contribution >= 4 is 17.7 Å². The van der Waals surface area contributed by atoms with E-state index in [2.05, 4.69) is 10.5 Å². The SMILES string of the molecule is O=C(O)c1cc(CNCC2CCCS2)on1. The summed E-state index contributed by atoms with van der Waals surface area (Å²) in [5.41, 5.74) is -0.0351. The third kappa shape index (κ3) is 2.99. The van der Waals surface area contributed by atoms with Crippen molar-refractivity contribution in [1.29, 1.82) is 0 Å². The number of nitrogens with one attached hydrogen (secondary N) is 1. The molecule has 0 aromatic carbocycles. The number of aromatic carboxylic acids is 1. The molecule has 0 saturated carbocycles. The lowest BCUT2D eigenvalue weighted by atomic mass is 10.2. The highest BCUT2D eigenvalue weighted by molar-refractivity contribution is 8.00. The summed E-state index contributed by atoms with van der Waals surface area (Å²) in [5, 5.41) is 16.0. The molecule has 88 valence electrons. The van der Waals surface area contributed by atoms with Crippen LogP contribution in [-0.4, -0.2) is 33.8 Å². The number of carboxylic acid groups (broad SMARTS) is 1. The third-order valence-corrected chi connectivity index (χ3v) is 3.87. The Balaban J connectivity index is 1.74. The smallest absolute Gasteiger partial charge is 0.358 e. The van der Waals surface area contributed by atoms with Gasteiger partial charge in [-0.05, 0) is 18.6 Å². The number of carboxylic acids is 1. The Morgan fingerprint density at radius 2 is 2.62 bits per heavy atom. The fourth-order valence-electron chi connectivity index (χ4n) is 1.66. The maximum absolute atomic E-state index is 10.6. The summed E-state index contributed by atoms with van der Waals surface area (Å²) >= 11 is 1.98. The predicted molar refractivity (Wildman–Crippen MR) is 60.6 cm³/mol. The lowest BCUT2D eigenvalue weighted by molar-refractivity contribution is 0.0685. The van der Waals surface area contributed by atoms with Crippen molar-refractivity contribution in [3.05, 3.63) is 17.5 Å². The Kier molecular flexibility index (Phi) is 3.84. The summed E-state index contributed by atoms with van der Waals surface area (Å²) in [6, 6.07) is 1.46. The van der Waals surface area contributed by atoms with Gasteiger partial charge in [0.15, 0.2) is 11.5 Å². The number of nitrogens with zero attached hydrogens (tertiary/aromatic N) is 1. The number of thioether (sulfide) groups is 1. The summed E-state index contributed by atoms with van der Waals surface area (Å²) < 4.78 is 4.89. The zero-order chi connectivity index (χ0) is 11.4. The van der Waals surface area contributed by atoms with Gasteiger partial charge in [-0.15, -0.1) is 0 Å². The molecule has 2 N–H and O–H groups in total. The molecule has 0 aliphatic carbocycles. The van der Waals surface area contributed by atoms with Crippen LogP contribution < -0.4 is 5.32 Å². The van der Waals surface area contributed by atoms with E-state index >= 15 is 0 Å². The number of carbonyl (C=O) groups is 1. The molecule has 0 spiro atoms. The quantitative estimate of drug-likeness (QED) is 0.812. The monoisotopic (exact) mass is 242 g/mol. The van der Waals surface area contributed by atoms with Crippen LogP contribution in [-0.2, 0) is 6.54 Å². The van der Waals surface area contributed by atoms with Gasteiger partial charge in [-0.3, -0.25) is 0 Å². The number of rotatable bonds is 5. The van der Waals surface area contributed by atoms with E-state index in [-0.39, 0.29) is 5.69 Å². The first-order chi connectivity index (χ1) is 7.75. The molecule has 1 aromatic heterocycles. The van der Waals surface area contributed by atoms with E-state index < -0.39 is 5.97 Å². The zero-order valence-corrected chi connectivity index (χ0v) is 9.63. The predicted octanol–water partition coefficient (Wildman–Crippen LogP) is 1.36. The Labute approximate surface area is 97.6 Å². The normalized spacial score (nSPS) is 20.1. The Hall–Kier alpha value is -1.01. The second kappa shape index (κ2) is 5.36. The average Bonchev–Trinajstić information content (AvgIpc) is 2.87. The molecule has 1 aliphatic rings. The largest absolute Gasteiger partial charge is 0.476 e. The van der Waals surface area contributed by atoms with Crippen LogP contribution in [0.1, 0.15) is 29.1 Å². The topological polar surface area (TPSA) is 75.4 Å². The van der Waals surface area contributed by atoms with Crippen LogP contribution in [0.3, 0.4) is 0 Å². The Morgan fingerprint density at radius 1 is 1.75 bits per heavy atom. The summed E-state index contributed by atoms with van der Waals surface area (Å²) in [7, 11) is 0. The third-order valence-electron chi connectivity index (χ3n) is 2.47. The fraction of sp³-hybridized carbons (Fsp3) is 0.600. The standard InChI is InChI=1S/C10H14N2O3S/c13-10(14)9-4-7(15-12-9)5-11-6-8-2-1-3-16-8/h4,8,11H,1-3,5-6H2,(H,13,14). The molecule has 0 bridgehead atoms. The van der Waals surface area contributed by atoms with E-state index in [4.69, 9.17) is 9.63 Å². The Bertz CT molecular complexity index is 361. The van der Waals surface area contributed by atoms with E-state index in [1.54, 1.807) is 0 Å². The van der Waals surface area contributed by atoms with E-state index in [0.717, 1.165) is 6.54 Å². The fourth-order valence-corrected chi connectivity index (χ4v) is 2.89. The summed E-state index contributed by atoms with van der Waals surface area (Å²) in [4.78, 5) is 10.6. The highest BCUT2D eigenvalue weighted by Gasteiger charge is 2.15. The van der Waals surface area contributed by atoms with Gasteiger partial charge in [-0.25, -0.2) is 4.79 Å². The zero-order valence-electron chi connectivity index (χ0n) is 8.81. The molecular weight excluding hydrogens is 228 g/mol. The van der Waals surface area contributed by atoms with Crippen LogP contribution >= 0.6 is 11.8 Å². The van der Waals surface area contributed by atoms with E-state index in [1.807, 2.05) is 11.8 Å². The minimum absolute atomic E-state index is 0.0351. The molecule has 1 atom stereocenters. The second-order valence-electron chi connectivity index (χ2n) is 3.75. The molecule has 1 unspecified atom stereocenters. The van der Waals surface area contributed by atoms with Gasteiger partial charge < -0.3 is 14.9 Å². The molecular formula is C10H14N2O3S. The molecule has 1 fully saturated rings. The molecule has 0 amide bonds. The Morgan fingerprint density at radius 3 is 3.25 bits per heavy atom. The lowest BCUT2D eigenvalue weighted by Gasteiger charge is -2.07. The van der Waals surface area contributed by atoms with E-state index in [9.17, 15) is 4.79 Å². The van der Waals surface area contributed by atoms with Crippen molar-refractivity contribution in [3.63, 3.8) is 0 Å². The van der Waals surface area contributed by atoms with Crippen LogP contribution in [0.2, 0.25) is 0 Å². The van der Waals surface area contributed by atoms with Crippen molar-refractivity contribution in [3.8, 4) is 0 Å². The second-order valence-corrected chi connectivity index (χ2v) is 5.16. The van der Waals surface area contributed by atoms with E-state index in [1.165, 1.54) is 24.7 Å². The van der Waals surface area contributed by atoms with Crippen molar-refractivity contribution in [2.24, 2.45) is 0 Å². The van der Waals surface area contributed by atoms with Crippen molar-refractivity contribution in [2.75, 3.05) is 12.3 Å². The number of hydrogen-bond acceptors (Lipinski definition) is 5. The first-order valence-electron chi connectivity index (χ1n) is 5.27. The minimum atomic E-state index is -1.05. The number of aromatic nitrogens is 1. The highest BCUT2D eigenvalue weighted by atomic mass is 32.2. The van der Waals surface area contributed by atoms with Gasteiger partial charge in [0.05, 0.1) is 6.54 Å². The van der Waals surface area contributed by atoms with Crippen LogP contribution in [0.4, 0.5) is 0 Å². The summed E-state index contributed by atoms with van der Waals surface area (Å²) in [5.74, 6) is 0.763.